The molecule has 0 amide bonds. The first-order valence-electron chi connectivity index (χ1n) is 9.47. The highest BCUT2D eigenvalue weighted by Crippen LogP contribution is 2.40. The standard InChI is InChI=1S/C21H19BrN4O3S/c1-2-3-10-30-21-24-19-17(25-26-21)15-11-14(22)8-9-16(15)23-18(29-19)12-4-6-13(7-5-12)20(27)28/h4-9,11,18,23H,2-3,10H2,1H3,(H,27,28)/p-1/t18-/m1/s1. The summed E-state index contributed by atoms with van der Waals surface area (Å²) in [5.41, 5.74) is 3.04. The zero-order valence-electron chi connectivity index (χ0n) is 16.1. The molecule has 1 aromatic heterocycles. The minimum Gasteiger partial charge on any atom is -0.545 e. The molecule has 1 atom stereocenters. The number of hydrogen-bond donors (Lipinski definition) is 1. The van der Waals surface area contributed by atoms with E-state index in [1.54, 1.807) is 23.9 Å². The summed E-state index contributed by atoms with van der Waals surface area (Å²) in [5.74, 6) is 0.0655. The van der Waals surface area contributed by atoms with E-state index in [0.29, 0.717) is 16.7 Å². The molecule has 0 spiro atoms. The molecule has 2 aromatic carbocycles. The van der Waals surface area contributed by atoms with E-state index in [1.807, 2.05) is 18.2 Å². The second-order valence-electron chi connectivity index (χ2n) is 6.69. The highest BCUT2D eigenvalue weighted by Gasteiger charge is 2.26. The maximum absolute atomic E-state index is 11.1. The third-order valence-corrected chi connectivity index (χ3v) is 5.98. The Morgan fingerprint density at radius 2 is 2.03 bits per heavy atom. The van der Waals surface area contributed by atoms with Crippen LogP contribution in [-0.2, 0) is 0 Å². The maximum Gasteiger partial charge on any atom is 0.247 e. The quantitative estimate of drug-likeness (QED) is 0.412. The summed E-state index contributed by atoms with van der Waals surface area (Å²) in [6.07, 6.45) is 1.58. The molecular formula is C21H18BrN4O3S-. The van der Waals surface area contributed by atoms with Crippen molar-refractivity contribution in [1.82, 2.24) is 15.2 Å². The number of unbranched alkanes of at least 4 members (excludes halogenated alkanes) is 1. The third-order valence-electron chi connectivity index (χ3n) is 4.57. The first-order chi connectivity index (χ1) is 14.5. The molecule has 0 bridgehead atoms. The highest BCUT2D eigenvalue weighted by atomic mass is 79.9. The van der Waals surface area contributed by atoms with Gasteiger partial charge in [0.1, 0.15) is 0 Å². The van der Waals surface area contributed by atoms with Gasteiger partial charge in [0.25, 0.3) is 0 Å². The molecule has 7 nitrogen and oxygen atoms in total. The molecule has 1 aliphatic heterocycles. The zero-order chi connectivity index (χ0) is 21.1. The SMILES string of the molecule is CCCCSc1nnc2c(n1)O[C@H](c1ccc(C(=O)[O-])cc1)Nc1ccc(Br)cc1-2. The summed E-state index contributed by atoms with van der Waals surface area (Å²) in [7, 11) is 0. The van der Waals surface area contributed by atoms with Gasteiger partial charge in [-0.2, -0.15) is 4.98 Å². The van der Waals surface area contributed by atoms with Crippen LogP contribution < -0.4 is 15.2 Å². The topological polar surface area (TPSA) is 100 Å². The van der Waals surface area contributed by atoms with Gasteiger partial charge in [0, 0.05) is 27.0 Å². The van der Waals surface area contributed by atoms with E-state index in [0.717, 1.165) is 39.9 Å². The molecule has 2 heterocycles. The van der Waals surface area contributed by atoms with Gasteiger partial charge in [-0.05, 0) is 30.2 Å². The van der Waals surface area contributed by atoms with Gasteiger partial charge in [-0.15, -0.1) is 10.2 Å². The molecule has 0 fully saturated rings. The molecule has 0 radical (unpaired) electrons. The van der Waals surface area contributed by atoms with Gasteiger partial charge in [0.05, 0.1) is 5.97 Å². The largest absolute Gasteiger partial charge is 0.545 e. The monoisotopic (exact) mass is 485 g/mol. The number of aromatic nitrogens is 3. The lowest BCUT2D eigenvalue weighted by atomic mass is 10.1. The predicted octanol–water partition coefficient (Wildman–Crippen LogP) is 4.06. The smallest absolute Gasteiger partial charge is 0.247 e. The lowest BCUT2D eigenvalue weighted by Gasteiger charge is -2.19. The van der Waals surface area contributed by atoms with Gasteiger partial charge in [0.15, 0.2) is 11.9 Å². The van der Waals surface area contributed by atoms with Crippen molar-refractivity contribution >= 4 is 39.3 Å². The molecule has 0 saturated heterocycles. The summed E-state index contributed by atoms with van der Waals surface area (Å²) >= 11 is 5.05. The molecule has 4 rings (SSSR count). The molecule has 0 unspecified atom stereocenters. The number of thioether (sulfide) groups is 1. The van der Waals surface area contributed by atoms with Crippen molar-refractivity contribution in [2.24, 2.45) is 0 Å². The zero-order valence-corrected chi connectivity index (χ0v) is 18.5. The van der Waals surface area contributed by atoms with Crippen LogP contribution in [0.1, 0.15) is 41.9 Å². The lowest BCUT2D eigenvalue weighted by molar-refractivity contribution is -0.255. The van der Waals surface area contributed by atoms with Crippen molar-refractivity contribution < 1.29 is 14.6 Å². The van der Waals surface area contributed by atoms with Crippen molar-refractivity contribution in [3.8, 4) is 17.1 Å². The summed E-state index contributed by atoms with van der Waals surface area (Å²) in [6.45, 7) is 2.14. The van der Waals surface area contributed by atoms with Gasteiger partial charge < -0.3 is 20.0 Å². The van der Waals surface area contributed by atoms with Crippen molar-refractivity contribution in [3.63, 3.8) is 0 Å². The Hall–Kier alpha value is -2.65. The number of aromatic carboxylic acids is 1. The van der Waals surface area contributed by atoms with Crippen LogP contribution in [0.3, 0.4) is 0 Å². The number of fused-ring (bicyclic) bond motifs is 3. The number of carbonyl (C=O) groups is 1. The van der Waals surface area contributed by atoms with Crippen molar-refractivity contribution in [1.29, 1.82) is 0 Å². The van der Waals surface area contributed by atoms with E-state index >= 15 is 0 Å². The number of halogens is 1. The molecular weight excluding hydrogens is 468 g/mol. The van der Waals surface area contributed by atoms with Crippen LogP contribution in [-0.4, -0.2) is 26.9 Å². The molecule has 30 heavy (non-hydrogen) atoms. The lowest BCUT2D eigenvalue weighted by Crippen LogP contribution is -2.22. The third kappa shape index (κ3) is 4.41. The summed E-state index contributed by atoms with van der Waals surface area (Å²) in [4.78, 5) is 15.7. The maximum atomic E-state index is 11.1. The van der Waals surface area contributed by atoms with E-state index in [-0.39, 0.29) is 5.56 Å². The fraction of sp³-hybridized carbons (Fsp3) is 0.238. The van der Waals surface area contributed by atoms with Crippen LogP contribution in [0.25, 0.3) is 11.3 Å². The number of nitrogens with zero attached hydrogens (tertiary/aromatic N) is 3. The molecule has 0 saturated carbocycles. The van der Waals surface area contributed by atoms with Gasteiger partial charge in [-0.25, -0.2) is 0 Å². The molecule has 1 N–H and O–H groups in total. The molecule has 0 aliphatic carbocycles. The number of carboxylic acids is 1. The van der Waals surface area contributed by atoms with E-state index in [1.165, 1.54) is 12.1 Å². The first-order valence-corrected chi connectivity index (χ1v) is 11.2. The number of anilines is 1. The van der Waals surface area contributed by atoms with Crippen LogP contribution in [0.4, 0.5) is 5.69 Å². The molecule has 154 valence electrons. The van der Waals surface area contributed by atoms with Crippen LogP contribution in [0.2, 0.25) is 0 Å². The van der Waals surface area contributed by atoms with Gasteiger partial charge in [0.2, 0.25) is 11.0 Å². The van der Waals surface area contributed by atoms with Crippen molar-refractivity contribution in [3.05, 3.63) is 58.1 Å². The number of benzene rings is 2. The number of ether oxygens (including phenoxy) is 1. The molecule has 9 heteroatoms. The van der Waals surface area contributed by atoms with Gasteiger partial charge in [-0.1, -0.05) is 65.3 Å². The highest BCUT2D eigenvalue weighted by molar-refractivity contribution is 9.10. The van der Waals surface area contributed by atoms with Crippen molar-refractivity contribution in [2.75, 3.05) is 11.1 Å². The summed E-state index contributed by atoms with van der Waals surface area (Å²) in [6, 6.07) is 12.2. The fourth-order valence-corrected chi connectivity index (χ4v) is 4.21. The predicted molar refractivity (Wildman–Crippen MR) is 116 cm³/mol. The van der Waals surface area contributed by atoms with Gasteiger partial charge >= 0.3 is 0 Å². The Labute approximate surface area is 186 Å². The molecule has 3 aromatic rings. The fourth-order valence-electron chi connectivity index (χ4n) is 2.98. The normalized spacial score (nSPS) is 14.7. The van der Waals surface area contributed by atoms with E-state index in [2.05, 4.69) is 43.4 Å². The number of carboxylic acid groups (broad SMARTS) is 1. The summed E-state index contributed by atoms with van der Waals surface area (Å²) in [5, 5.41) is 23.6. The van der Waals surface area contributed by atoms with Gasteiger partial charge in [-0.3, -0.25) is 0 Å². The summed E-state index contributed by atoms with van der Waals surface area (Å²) < 4.78 is 7.09. The number of hydrogen-bond acceptors (Lipinski definition) is 8. The second-order valence-corrected chi connectivity index (χ2v) is 8.67. The van der Waals surface area contributed by atoms with E-state index in [4.69, 9.17) is 4.74 Å². The Morgan fingerprint density at radius 3 is 2.77 bits per heavy atom. The Morgan fingerprint density at radius 1 is 1.23 bits per heavy atom. The minimum atomic E-state index is -1.22. The van der Waals surface area contributed by atoms with E-state index < -0.39 is 12.2 Å². The Bertz CT molecular complexity index is 1080. The van der Waals surface area contributed by atoms with Crippen LogP contribution in [0, 0.1) is 0 Å². The van der Waals surface area contributed by atoms with Crippen LogP contribution in [0.5, 0.6) is 5.88 Å². The average Bonchev–Trinajstić information content (AvgIpc) is 2.90. The number of carbonyl (C=O) groups excluding carboxylic acids is 1. The second kappa shape index (κ2) is 9.01. The Balaban J connectivity index is 1.74. The number of rotatable bonds is 6. The van der Waals surface area contributed by atoms with Crippen LogP contribution in [0.15, 0.2) is 52.1 Å². The Kier molecular flexibility index (Phi) is 6.19. The average molecular weight is 486 g/mol. The number of nitrogens with one attached hydrogen (secondary N) is 1. The van der Waals surface area contributed by atoms with Crippen molar-refractivity contribution in [2.45, 2.75) is 31.1 Å². The van der Waals surface area contributed by atoms with Crippen LogP contribution >= 0.6 is 27.7 Å². The minimum absolute atomic E-state index is 0.107. The molecule has 1 aliphatic rings. The first kappa shape index (κ1) is 20.6. The van der Waals surface area contributed by atoms with E-state index in [9.17, 15) is 9.90 Å².